The van der Waals surface area contributed by atoms with E-state index in [0.29, 0.717) is 15.6 Å². The fourth-order valence-corrected chi connectivity index (χ4v) is 2.80. The molecule has 2 heterocycles. The number of carbonyl (C=O) groups excluding carboxylic acids is 1. The van der Waals surface area contributed by atoms with Crippen LogP contribution in [0.4, 0.5) is 5.69 Å². The Labute approximate surface area is 123 Å². The third-order valence-corrected chi connectivity index (χ3v) is 3.92. The lowest BCUT2D eigenvalue weighted by atomic mass is 10.2. The van der Waals surface area contributed by atoms with Crippen LogP contribution in [0.1, 0.15) is 15.4 Å². The van der Waals surface area contributed by atoms with E-state index in [9.17, 15) is 4.79 Å². The van der Waals surface area contributed by atoms with E-state index in [1.807, 2.05) is 6.07 Å². The molecule has 0 radical (unpaired) electrons. The Hall–Kier alpha value is -1.98. The van der Waals surface area contributed by atoms with E-state index in [1.165, 1.54) is 11.3 Å². The van der Waals surface area contributed by atoms with Gasteiger partial charge >= 0.3 is 5.97 Å². The maximum Gasteiger partial charge on any atom is 0.374 e. The summed E-state index contributed by atoms with van der Waals surface area (Å²) in [5.74, 6) is -0.349. The van der Waals surface area contributed by atoms with Crippen LogP contribution >= 0.6 is 22.9 Å². The van der Waals surface area contributed by atoms with Crippen LogP contribution < -0.4 is 5.73 Å². The number of thiophene rings is 1. The molecule has 0 aliphatic carbocycles. The molecule has 0 unspecified atom stereocenters. The number of hydrogen-bond donors (Lipinski definition) is 1. The fraction of sp³-hybridized carbons (Fsp3) is 0.0714. The van der Waals surface area contributed by atoms with Crippen LogP contribution in [-0.2, 0) is 11.3 Å². The molecule has 4 nitrogen and oxygen atoms in total. The van der Waals surface area contributed by atoms with Crippen molar-refractivity contribution < 1.29 is 13.9 Å². The number of nitrogen functional groups attached to an aromatic ring is 1. The molecule has 0 amide bonds. The third kappa shape index (κ3) is 2.64. The normalized spacial score (nSPS) is 10.8. The molecule has 0 aliphatic rings. The number of ether oxygens (including phenoxy) is 1. The molecule has 3 aromatic rings. The number of esters is 1. The smallest absolute Gasteiger partial charge is 0.374 e. The summed E-state index contributed by atoms with van der Waals surface area (Å²) in [5, 5.41) is 0.774. The monoisotopic (exact) mass is 307 g/mol. The number of halogens is 1. The highest BCUT2D eigenvalue weighted by molar-refractivity contribution is 7.16. The number of benzene rings is 1. The summed E-state index contributed by atoms with van der Waals surface area (Å²) in [6.45, 7) is 0.176. The van der Waals surface area contributed by atoms with Crippen molar-refractivity contribution in [1.82, 2.24) is 0 Å². The van der Waals surface area contributed by atoms with E-state index in [2.05, 4.69) is 0 Å². The van der Waals surface area contributed by atoms with Crippen molar-refractivity contribution >= 4 is 45.6 Å². The number of anilines is 1. The topological polar surface area (TPSA) is 65.5 Å². The Morgan fingerprint density at radius 3 is 2.90 bits per heavy atom. The summed E-state index contributed by atoms with van der Waals surface area (Å²) in [6.07, 6.45) is 0. The van der Waals surface area contributed by atoms with Gasteiger partial charge < -0.3 is 14.9 Å². The highest BCUT2D eigenvalue weighted by atomic mass is 35.5. The zero-order valence-electron chi connectivity index (χ0n) is 10.3. The lowest BCUT2D eigenvalue weighted by Crippen LogP contribution is -2.02. The molecular formula is C14H10ClNO3S. The molecule has 102 valence electrons. The van der Waals surface area contributed by atoms with E-state index in [-0.39, 0.29) is 12.4 Å². The fourth-order valence-electron chi connectivity index (χ4n) is 1.80. The van der Waals surface area contributed by atoms with Crippen molar-refractivity contribution in [2.45, 2.75) is 6.61 Å². The first-order chi connectivity index (χ1) is 9.61. The molecule has 0 atom stereocenters. The maximum atomic E-state index is 11.9. The van der Waals surface area contributed by atoms with Gasteiger partial charge in [0.25, 0.3) is 0 Å². The van der Waals surface area contributed by atoms with Crippen LogP contribution in [0.2, 0.25) is 4.34 Å². The first kappa shape index (κ1) is 13.0. The first-order valence-electron chi connectivity index (χ1n) is 5.82. The van der Waals surface area contributed by atoms with Crippen LogP contribution in [0.15, 0.2) is 40.8 Å². The van der Waals surface area contributed by atoms with Crippen molar-refractivity contribution in [1.29, 1.82) is 0 Å². The maximum absolute atomic E-state index is 11.9. The van der Waals surface area contributed by atoms with Gasteiger partial charge in [0.1, 0.15) is 12.2 Å². The Morgan fingerprint density at radius 1 is 1.30 bits per heavy atom. The van der Waals surface area contributed by atoms with Crippen LogP contribution in [0.25, 0.3) is 11.0 Å². The number of rotatable bonds is 3. The molecule has 6 heteroatoms. The minimum absolute atomic E-state index is 0.160. The van der Waals surface area contributed by atoms with E-state index in [4.69, 9.17) is 26.5 Å². The number of carbonyl (C=O) groups is 1. The Balaban J connectivity index is 1.75. The second-order valence-corrected chi connectivity index (χ2v) is 5.99. The minimum Gasteiger partial charge on any atom is -0.454 e. The molecule has 20 heavy (non-hydrogen) atoms. The van der Waals surface area contributed by atoms with Crippen molar-refractivity contribution in [2.75, 3.05) is 5.73 Å². The summed E-state index contributed by atoms with van der Waals surface area (Å²) in [7, 11) is 0. The molecule has 2 aromatic heterocycles. The number of hydrogen-bond acceptors (Lipinski definition) is 5. The largest absolute Gasteiger partial charge is 0.454 e. The Bertz CT molecular complexity index is 778. The van der Waals surface area contributed by atoms with Gasteiger partial charge in [-0.3, -0.25) is 0 Å². The molecule has 0 saturated carbocycles. The second-order valence-electron chi connectivity index (χ2n) is 4.19. The minimum atomic E-state index is -0.510. The number of furan rings is 1. The first-order valence-corrected chi connectivity index (χ1v) is 7.02. The van der Waals surface area contributed by atoms with Gasteiger partial charge in [-0.05, 0) is 36.4 Å². The highest BCUT2D eigenvalue weighted by Crippen LogP contribution is 2.24. The standard InChI is InChI=1S/C14H10ClNO3S/c15-13-4-2-10(20-13)7-18-14(17)12-6-8-5-9(16)1-3-11(8)19-12/h1-6H,7,16H2. The van der Waals surface area contributed by atoms with Gasteiger partial charge in [-0.15, -0.1) is 11.3 Å². The Kier molecular flexibility index (Phi) is 3.38. The summed E-state index contributed by atoms with van der Waals surface area (Å²) in [4.78, 5) is 12.8. The van der Waals surface area contributed by atoms with Crippen molar-refractivity contribution in [2.24, 2.45) is 0 Å². The lowest BCUT2D eigenvalue weighted by Gasteiger charge is -1.99. The summed E-state index contributed by atoms with van der Waals surface area (Å²) < 4.78 is 11.3. The number of nitrogens with two attached hydrogens (primary N) is 1. The SMILES string of the molecule is Nc1ccc2oc(C(=O)OCc3ccc(Cl)s3)cc2c1. The van der Waals surface area contributed by atoms with Gasteiger partial charge in [0.15, 0.2) is 0 Å². The lowest BCUT2D eigenvalue weighted by molar-refractivity contribution is 0.0443. The van der Waals surface area contributed by atoms with Gasteiger partial charge in [-0.1, -0.05) is 11.6 Å². The van der Waals surface area contributed by atoms with E-state index < -0.39 is 5.97 Å². The molecule has 0 aliphatic heterocycles. The quantitative estimate of drug-likeness (QED) is 0.584. The van der Waals surface area contributed by atoms with E-state index >= 15 is 0 Å². The van der Waals surface area contributed by atoms with Crippen LogP contribution in [0.5, 0.6) is 0 Å². The third-order valence-electron chi connectivity index (χ3n) is 2.72. The average Bonchev–Trinajstić information content (AvgIpc) is 3.01. The molecule has 0 spiro atoms. The number of fused-ring (bicyclic) bond motifs is 1. The summed E-state index contributed by atoms with van der Waals surface area (Å²) in [6, 6.07) is 10.4. The molecule has 3 rings (SSSR count). The van der Waals surface area contributed by atoms with E-state index in [1.54, 1.807) is 30.3 Å². The van der Waals surface area contributed by atoms with Crippen molar-refractivity contribution in [3.63, 3.8) is 0 Å². The molecule has 0 bridgehead atoms. The van der Waals surface area contributed by atoms with Gasteiger partial charge in [0.2, 0.25) is 5.76 Å². The second kappa shape index (κ2) is 5.19. The Morgan fingerprint density at radius 2 is 2.15 bits per heavy atom. The summed E-state index contributed by atoms with van der Waals surface area (Å²) in [5.41, 5.74) is 6.90. The van der Waals surface area contributed by atoms with Crippen LogP contribution in [0, 0.1) is 0 Å². The highest BCUT2D eigenvalue weighted by Gasteiger charge is 2.14. The van der Waals surface area contributed by atoms with Gasteiger partial charge in [0, 0.05) is 16.0 Å². The van der Waals surface area contributed by atoms with Crippen molar-refractivity contribution in [3.8, 4) is 0 Å². The average molecular weight is 308 g/mol. The predicted octanol–water partition coefficient (Wildman–Crippen LogP) is 4.09. The van der Waals surface area contributed by atoms with Crippen molar-refractivity contribution in [3.05, 3.63) is 51.4 Å². The molecule has 0 saturated heterocycles. The van der Waals surface area contributed by atoms with Gasteiger partial charge in [-0.2, -0.15) is 0 Å². The van der Waals surface area contributed by atoms with Gasteiger partial charge in [0.05, 0.1) is 4.34 Å². The molecule has 0 fully saturated rings. The molecule has 1 aromatic carbocycles. The molecule has 2 N–H and O–H groups in total. The molecular weight excluding hydrogens is 298 g/mol. The van der Waals surface area contributed by atoms with Crippen LogP contribution in [-0.4, -0.2) is 5.97 Å². The predicted molar refractivity (Wildman–Crippen MR) is 79.1 cm³/mol. The summed E-state index contributed by atoms with van der Waals surface area (Å²) >= 11 is 7.18. The zero-order valence-corrected chi connectivity index (χ0v) is 11.8. The van der Waals surface area contributed by atoms with Crippen LogP contribution in [0.3, 0.4) is 0 Å². The zero-order chi connectivity index (χ0) is 14.1. The van der Waals surface area contributed by atoms with Gasteiger partial charge in [-0.25, -0.2) is 4.79 Å². The van der Waals surface area contributed by atoms with E-state index in [0.717, 1.165) is 10.3 Å².